The molecule has 0 spiro atoms. The number of halogens is 3. The molecule has 0 bridgehead atoms. The highest BCUT2D eigenvalue weighted by Gasteiger charge is 2.38. The van der Waals surface area contributed by atoms with Crippen LogP contribution in [0.2, 0.25) is 10.0 Å². The van der Waals surface area contributed by atoms with Crippen LogP contribution in [0.3, 0.4) is 0 Å². The van der Waals surface area contributed by atoms with Crippen LogP contribution in [-0.4, -0.2) is 23.4 Å². The summed E-state index contributed by atoms with van der Waals surface area (Å²) in [6.07, 6.45) is 1.79. The number of allylic oxidation sites excluding steroid dienone is 2. The third-order valence-corrected chi connectivity index (χ3v) is 7.14. The van der Waals surface area contributed by atoms with Gasteiger partial charge in [0.2, 0.25) is 5.78 Å². The molecule has 0 unspecified atom stereocenters. The fourth-order valence-electron chi connectivity index (χ4n) is 4.20. The van der Waals surface area contributed by atoms with Gasteiger partial charge in [-0.1, -0.05) is 45.2 Å². The van der Waals surface area contributed by atoms with Gasteiger partial charge in [-0.05, 0) is 74.9 Å². The molecule has 174 valence electrons. The van der Waals surface area contributed by atoms with Gasteiger partial charge in [-0.25, -0.2) is 4.79 Å². The SMILES string of the molecule is COC(=O)C1=C(C)N(c2ccc(Br)cc2)C(=Cc2cc(C)n(-c3cccc(Cl)c3Cl)c2C)C1=O. The minimum Gasteiger partial charge on any atom is -0.465 e. The first-order chi connectivity index (χ1) is 16.1. The highest BCUT2D eigenvalue weighted by Crippen LogP contribution is 2.37. The van der Waals surface area contributed by atoms with Gasteiger partial charge < -0.3 is 14.2 Å². The van der Waals surface area contributed by atoms with Crippen LogP contribution in [0.4, 0.5) is 5.69 Å². The highest BCUT2D eigenvalue weighted by molar-refractivity contribution is 9.10. The Morgan fingerprint density at radius 2 is 1.74 bits per heavy atom. The lowest BCUT2D eigenvalue weighted by Gasteiger charge is -2.21. The number of carbonyl (C=O) groups excluding carboxylic acids is 2. The monoisotopic (exact) mass is 558 g/mol. The molecule has 4 rings (SSSR count). The Kier molecular flexibility index (Phi) is 6.76. The Balaban J connectivity index is 1.89. The number of rotatable bonds is 4. The summed E-state index contributed by atoms with van der Waals surface area (Å²) >= 11 is 16.2. The van der Waals surface area contributed by atoms with Gasteiger partial charge in [-0.15, -0.1) is 0 Å². The Labute approximate surface area is 216 Å². The smallest absolute Gasteiger partial charge is 0.343 e. The molecule has 1 aliphatic rings. The molecular weight excluding hydrogens is 539 g/mol. The number of aryl methyl sites for hydroxylation is 1. The normalized spacial score (nSPS) is 15.0. The second-order valence-corrected chi connectivity index (χ2v) is 9.56. The summed E-state index contributed by atoms with van der Waals surface area (Å²) in [5.74, 6) is -1.05. The molecule has 2 heterocycles. The first kappa shape index (κ1) is 24.3. The molecule has 5 nitrogen and oxygen atoms in total. The van der Waals surface area contributed by atoms with Crippen molar-refractivity contribution in [3.05, 3.63) is 97.0 Å². The molecule has 0 saturated carbocycles. The minimum absolute atomic E-state index is 0.0170. The molecule has 0 fully saturated rings. The second kappa shape index (κ2) is 9.45. The Morgan fingerprint density at radius 1 is 1.06 bits per heavy atom. The fourth-order valence-corrected chi connectivity index (χ4v) is 4.84. The number of hydrogen-bond donors (Lipinski definition) is 0. The molecular formula is C26H21BrCl2N2O3. The van der Waals surface area contributed by atoms with E-state index in [2.05, 4.69) is 15.9 Å². The molecule has 0 aliphatic carbocycles. The van der Waals surface area contributed by atoms with Crippen LogP contribution in [0.1, 0.15) is 23.9 Å². The summed E-state index contributed by atoms with van der Waals surface area (Å²) in [5.41, 5.74) is 5.01. The average molecular weight is 560 g/mol. The Hall–Kier alpha value is -2.80. The van der Waals surface area contributed by atoms with Crippen LogP contribution in [0.5, 0.6) is 0 Å². The molecule has 34 heavy (non-hydrogen) atoms. The number of ketones is 1. The maximum absolute atomic E-state index is 13.4. The molecule has 0 atom stereocenters. The van der Waals surface area contributed by atoms with Gasteiger partial charge in [0.05, 0.1) is 28.5 Å². The molecule has 1 aromatic heterocycles. The first-order valence-electron chi connectivity index (χ1n) is 10.4. The number of ether oxygens (including phenoxy) is 1. The summed E-state index contributed by atoms with van der Waals surface area (Å²) in [7, 11) is 1.27. The van der Waals surface area contributed by atoms with E-state index >= 15 is 0 Å². The van der Waals surface area contributed by atoms with Crippen LogP contribution in [0.25, 0.3) is 11.8 Å². The van der Waals surface area contributed by atoms with Crippen molar-refractivity contribution in [3.8, 4) is 5.69 Å². The van der Waals surface area contributed by atoms with Crippen molar-refractivity contribution in [3.63, 3.8) is 0 Å². The van der Waals surface area contributed by atoms with Crippen LogP contribution in [0, 0.1) is 13.8 Å². The van der Waals surface area contributed by atoms with Gasteiger partial charge in [0.15, 0.2) is 0 Å². The van der Waals surface area contributed by atoms with E-state index in [4.69, 9.17) is 27.9 Å². The van der Waals surface area contributed by atoms with E-state index in [1.807, 2.05) is 60.9 Å². The summed E-state index contributed by atoms with van der Waals surface area (Å²) in [6.45, 7) is 5.64. The number of Topliss-reactive ketones (excluding diaryl/α,β-unsaturated/α-hetero) is 1. The zero-order valence-corrected chi connectivity index (χ0v) is 22.0. The van der Waals surface area contributed by atoms with E-state index in [0.717, 1.165) is 32.8 Å². The van der Waals surface area contributed by atoms with Crippen LogP contribution in [0.15, 0.2) is 70.0 Å². The Bertz CT molecular complexity index is 1390. The van der Waals surface area contributed by atoms with Crippen molar-refractivity contribution in [1.82, 2.24) is 4.57 Å². The number of hydrogen-bond acceptors (Lipinski definition) is 4. The van der Waals surface area contributed by atoms with E-state index in [9.17, 15) is 9.59 Å². The van der Waals surface area contributed by atoms with Crippen molar-refractivity contribution >= 4 is 62.6 Å². The van der Waals surface area contributed by atoms with Gasteiger partial charge in [0, 0.05) is 27.2 Å². The van der Waals surface area contributed by atoms with Crippen molar-refractivity contribution in [1.29, 1.82) is 0 Å². The van der Waals surface area contributed by atoms with Crippen molar-refractivity contribution in [2.24, 2.45) is 0 Å². The molecule has 8 heteroatoms. The molecule has 0 N–H and O–H groups in total. The predicted octanol–water partition coefficient (Wildman–Crippen LogP) is 7.04. The number of carbonyl (C=O) groups is 2. The van der Waals surface area contributed by atoms with Crippen molar-refractivity contribution in [2.75, 3.05) is 12.0 Å². The van der Waals surface area contributed by atoms with Crippen LogP contribution < -0.4 is 4.90 Å². The molecule has 0 saturated heterocycles. The van der Waals surface area contributed by atoms with Gasteiger partial charge in [-0.2, -0.15) is 0 Å². The number of nitrogens with zero attached hydrogens (tertiary/aromatic N) is 2. The zero-order valence-electron chi connectivity index (χ0n) is 18.9. The highest BCUT2D eigenvalue weighted by atomic mass is 79.9. The van der Waals surface area contributed by atoms with E-state index in [1.54, 1.807) is 24.0 Å². The number of esters is 1. The molecule has 3 aromatic rings. The average Bonchev–Trinajstić information content (AvgIpc) is 3.22. The van der Waals surface area contributed by atoms with Gasteiger partial charge in [0.1, 0.15) is 5.57 Å². The lowest BCUT2D eigenvalue weighted by atomic mass is 10.1. The van der Waals surface area contributed by atoms with Crippen LogP contribution >= 0.6 is 39.1 Å². The number of benzene rings is 2. The van der Waals surface area contributed by atoms with E-state index in [-0.39, 0.29) is 5.57 Å². The maximum atomic E-state index is 13.4. The fraction of sp³-hybridized carbons (Fsp3) is 0.154. The van der Waals surface area contributed by atoms with Gasteiger partial charge >= 0.3 is 5.97 Å². The largest absolute Gasteiger partial charge is 0.465 e. The maximum Gasteiger partial charge on any atom is 0.343 e. The molecule has 0 amide bonds. The van der Waals surface area contributed by atoms with Crippen LogP contribution in [-0.2, 0) is 14.3 Å². The third-order valence-electron chi connectivity index (χ3n) is 5.81. The topological polar surface area (TPSA) is 51.5 Å². The second-order valence-electron chi connectivity index (χ2n) is 7.86. The van der Waals surface area contributed by atoms with Crippen molar-refractivity contribution < 1.29 is 14.3 Å². The number of methoxy groups -OCH3 is 1. The summed E-state index contributed by atoms with van der Waals surface area (Å²) in [5, 5.41) is 0.908. The van der Waals surface area contributed by atoms with E-state index in [1.165, 1.54) is 7.11 Å². The molecule has 1 aliphatic heterocycles. The van der Waals surface area contributed by atoms with E-state index < -0.39 is 11.8 Å². The standard InChI is InChI=1S/C26H21BrCl2N2O3/c1-14-12-17(15(2)30(14)21-7-5-6-20(28)24(21)29)13-22-25(32)23(26(33)34-4)16(3)31(22)19-10-8-18(27)9-11-19/h5-13H,1-4H3. The summed E-state index contributed by atoms with van der Waals surface area (Å²) in [6, 6.07) is 15.0. The van der Waals surface area contributed by atoms with E-state index in [0.29, 0.717) is 21.4 Å². The van der Waals surface area contributed by atoms with Crippen molar-refractivity contribution in [2.45, 2.75) is 20.8 Å². The van der Waals surface area contributed by atoms with Gasteiger partial charge in [-0.3, -0.25) is 4.79 Å². The lowest BCUT2D eigenvalue weighted by molar-refractivity contribution is -0.137. The van der Waals surface area contributed by atoms with Gasteiger partial charge in [0.25, 0.3) is 0 Å². The summed E-state index contributed by atoms with van der Waals surface area (Å²) in [4.78, 5) is 27.6. The molecule has 0 radical (unpaired) electrons. The predicted molar refractivity (Wildman–Crippen MR) is 140 cm³/mol. The number of aromatic nitrogens is 1. The third kappa shape index (κ3) is 4.11. The number of anilines is 1. The lowest BCUT2D eigenvalue weighted by Crippen LogP contribution is -2.18. The summed E-state index contributed by atoms with van der Waals surface area (Å²) < 4.78 is 7.79. The quantitative estimate of drug-likeness (QED) is 0.195. The first-order valence-corrected chi connectivity index (χ1v) is 11.9. The minimum atomic E-state index is -0.663. The zero-order chi connectivity index (χ0) is 24.7. The Morgan fingerprint density at radius 3 is 2.38 bits per heavy atom. The molecule has 2 aromatic carbocycles.